The van der Waals surface area contributed by atoms with Crippen LogP contribution in [0.5, 0.6) is 0 Å². The number of aliphatic imine (C=N–C) groups is 1. The molecule has 0 aliphatic rings. The number of nitrogens with zero attached hydrogens (tertiary/aromatic N) is 1. The highest BCUT2D eigenvalue weighted by Gasteiger charge is 1.78. The third kappa shape index (κ3) is 7.04. The molecule has 14 heavy (non-hydrogen) atoms. The molecule has 0 aromatic heterocycles. The molecule has 0 aromatic carbocycles. The highest BCUT2D eigenvalue weighted by molar-refractivity contribution is 5.81. The minimum Gasteiger partial charge on any atom is -0.296 e. The molecule has 1 nitrogen and oxygen atoms in total. The van der Waals surface area contributed by atoms with Gasteiger partial charge in [0.2, 0.25) is 0 Å². The molecule has 0 N–H and O–H groups in total. The van der Waals surface area contributed by atoms with Gasteiger partial charge in [-0.25, -0.2) is 0 Å². The quantitative estimate of drug-likeness (QED) is 0.461. The molecule has 0 atom stereocenters. The van der Waals surface area contributed by atoms with Crippen molar-refractivity contribution in [1.29, 1.82) is 0 Å². The number of hydrogen-bond donors (Lipinski definition) is 0. The van der Waals surface area contributed by atoms with Crippen LogP contribution in [-0.4, -0.2) is 13.3 Å². The molecule has 0 aliphatic heterocycles. The van der Waals surface area contributed by atoms with E-state index in [1.165, 1.54) is 0 Å². The molecule has 74 valence electrons. The van der Waals surface area contributed by atoms with Gasteiger partial charge >= 0.3 is 0 Å². The molecule has 0 unspecified atom stereocenters. The van der Waals surface area contributed by atoms with Crippen LogP contribution >= 0.6 is 0 Å². The summed E-state index contributed by atoms with van der Waals surface area (Å²) in [6.45, 7) is 9.60. The van der Waals surface area contributed by atoms with E-state index in [9.17, 15) is 0 Å². The Morgan fingerprint density at radius 1 is 1.00 bits per heavy atom. The first-order chi connectivity index (χ1) is 6.70. The molecule has 0 radical (unpaired) electrons. The third-order valence-electron chi connectivity index (χ3n) is 1.41. The van der Waals surface area contributed by atoms with E-state index in [4.69, 9.17) is 0 Å². The van der Waals surface area contributed by atoms with Gasteiger partial charge in [-0.05, 0) is 18.1 Å². The average molecular weight is 187 g/mol. The van der Waals surface area contributed by atoms with E-state index >= 15 is 0 Å². The van der Waals surface area contributed by atoms with Gasteiger partial charge in [0, 0.05) is 13.3 Å². The molecule has 0 spiro atoms. The molecular weight excluding hydrogens is 170 g/mol. The zero-order valence-electron chi connectivity index (χ0n) is 8.90. The molecule has 0 saturated heterocycles. The maximum absolute atomic E-state index is 3.85. The summed E-state index contributed by atoms with van der Waals surface area (Å²) in [6.07, 6.45) is 13.3. The topological polar surface area (TPSA) is 12.4 Å². The highest BCUT2D eigenvalue weighted by Crippen LogP contribution is 1.96. The van der Waals surface area contributed by atoms with E-state index < -0.39 is 0 Å². The van der Waals surface area contributed by atoms with Crippen molar-refractivity contribution in [3.05, 3.63) is 60.8 Å². The van der Waals surface area contributed by atoms with Gasteiger partial charge in [0.1, 0.15) is 0 Å². The maximum Gasteiger partial charge on any atom is 0.0277 e. The number of hydrogen-bond acceptors (Lipinski definition) is 1. The normalized spacial score (nSPS) is 12.4. The second-order valence-corrected chi connectivity index (χ2v) is 2.76. The Hall–Kier alpha value is -1.63. The van der Waals surface area contributed by atoms with Crippen LogP contribution in [-0.2, 0) is 0 Å². The van der Waals surface area contributed by atoms with E-state index in [1.807, 2.05) is 43.4 Å². The van der Waals surface area contributed by atoms with Gasteiger partial charge < -0.3 is 0 Å². The summed E-state index contributed by atoms with van der Waals surface area (Å²) >= 11 is 0. The predicted molar refractivity (Wildman–Crippen MR) is 65.8 cm³/mol. The molecule has 0 fully saturated rings. The van der Waals surface area contributed by atoms with E-state index in [0.29, 0.717) is 0 Å². The summed E-state index contributed by atoms with van der Waals surface area (Å²) in [6, 6.07) is 0. The lowest BCUT2D eigenvalue weighted by atomic mass is 10.2. The molecular formula is C13H17N. The molecule has 1 heteroatoms. The SMILES string of the molecule is C=C(C=NC)/C=C\C=C/C(=C)/C=C\C. The Kier molecular flexibility index (Phi) is 7.06. The summed E-state index contributed by atoms with van der Waals surface area (Å²) in [7, 11) is 1.72. The van der Waals surface area contributed by atoms with Crippen LogP contribution in [0.3, 0.4) is 0 Å². The van der Waals surface area contributed by atoms with Crippen molar-refractivity contribution in [2.24, 2.45) is 4.99 Å². The van der Waals surface area contributed by atoms with Gasteiger partial charge in [-0.1, -0.05) is 49.6 Å². The van der Waals surface area contributed by atoms with Crippen molar-refractivity contribution in [2.45, 2.75) is 6.92 Å². The zero-order chi connectivity index (χ0) is 10.8. The number of allylic oxidation sites excluding steroid dienone is 8. The fraction of sp³-hybridized carbons (Fsp3) is 0.154. The summed E-state index contributed by atoms with van der Waals surface area (Å²) in [5.41, 5.74) is 1.86. The van der Waals surface area contributed by atoms with E-state index in [2.05, 4.69) is 18.2 Å². The lowest BCUT2D eigenvalue weighted by Crippen LogP contribution is -1.74. The first-order valence-electron chi connectivity index (χ1n) is 4.48. The van der Waals surface area contributed by atoms with Gasteiger partial charge in [-0.3, -0.25) is 4.99 Å². The van der Waals surface area contributed by atoms with Gasteiger partial charge in [-0.15, -0.1) is 0 Å². The second kappa shape index (κ2) is 7.99. The van der Waals surface area contributed by atoms with Crippen LogP contribution in [0.15, 0.2) is 65.8 Å². The molecule has 0 bridgehead atoms. The minimum absolute atomic E-state index is 0.883. The minimum atomic E-state index is 0.883. The molecule has 0 rings (SSSR count). The van der Waals surface area contributed by atoms with Gasteiger partial charge in [0.05, 0.1) is 0 Å². The molecule has 0 aliphatic carbocycles. The fourth-order valence-electron chi connectivity index (χ4n) is 0.837. The first kappa shape index (κ1) is 12.4. The summed E-state index contributed by atoms with van der Waals surface area (Å²) in [5, 5.41) is 0. The van der Waals surface area contributed by atoms with Crippen LogP contribution in [0, 0.1) is 0 Å². The van der Waals surface area contributed by atoms with Crippen molar-refractivity contribution in [1.82, 2.24) is 0 Å². The van der Waals surface area contributed by atoms with Gasteiger partial charge in [0.25, 0.3) is 0 Å². The van der Waals surface area contributed by atoms with Gasteiger partial charge in [0.15, 0.2) is 0 Å². The monoisotopic (exact) mass is 187 g/mol. The van der Waals surface area contributed by atoms with E-state index in [1.54, 1.807) is 13.3 Å². The van der Waals surface area contributed by atoms with Crippen molar-refractivity contribution in [3.8, 4) is 0 Å². The summed E-state index contributed by atoms with van der Waals surface area (Å²) in [5.74, 6) is 0. The molecule has 0 heterocycles. The zero-order valence-corrected chi connectivity index (χ0v) is 8.90. The lowest BCUT2D eigenvalue weighted by Gasteiger charge is -1.86. The Morgan fingerprint density at radius 3 is 2.07 bits per heavy atom. The fourth-order valence-corrected chi connectivity index (χ4v) is 0.837. The van der Waals surface area contributed by atoms with Crippen molar-refractivity contribution in [3.63, 3.8) is 0 Å². The first-order valence-corrected chi connectivity index (χ1v) is 4.48. The smallest absolute Gasteiger partial charge is 0.0277 e. The molecule has 0 aromatic rings. The van der Waals surface area contributed by atoms with Crippen LogP contribution in [0.4, 0.5) is 0 Å². The maximum atomic E-state index is 3.85. The average Bonchev–Trinajstić information content (AvgIpc) is 2.13. The second-order valence-electron chi connectivity index (χ2n) is 2.76. The van der Waals surface area contributed by atoms with Crippen LogP contribution in [0.2, 0.25) is 0 Å². The Labute approximate surface area is 86.6 Å². The molecule has 0 saturated carbocycles. The third-order valence-corrected chi connectivity index (χ3v) is 1.41. The predicted octanol–water partition coefficient (Wildman–Crippen LogP) is 3.49. The Morgan fingerprint density at radius 2 is 1.57 bits per heavy atom. The van der Waals surface area contributed by atoms with Crippen molar-refractivity contribution >= 4 is 6.21 Å². The van der Waals surface area contributed by atoms with Crippen LogP contribution < -0.4 is 0 Å². The van der Waals surface area contributed by atoms with Crippen molar-refractivity contribution < 1.29 is 0 Å². The summed E-state index contributed by atoms with van der Waals surface area (Å²) in [4.78, 5) is 3.85. The van der Waals surface area contributed by atoms with E-state index in [0.717, 1.165) is 11.1 Å². The number of rotatable bonds is 5. The largest absolute Gasteiger partial charge is 0.296 e. The Balaban J connectivity index is 4.04. The highest BCUT2D eigenvalue weighted by atomic mass is 14.6. The van der Waals surface area contributed by atoms with Gasteiger partial charge in [-0.2, -0.15) is 0 Å². The lowest BCUT2D eigenvalue weighted by molar-refractivity contribution is 1.47. The standard InChI is InChI=1S/C13H17N/c1-5-8-12(2)9-6-7-10-13(3)11-14-4/h5-11H,2-3H2,1,4H3/b8-5-,9-6-,10-7-,14-11?. The van der Waals surface area contributed by atoms with Crippen LogP contribution in [0.25, 0.3) is 0 Å². The van der Waals surface area contributed by atoms with Crippen molar-refractivity contribution in [2.75, 3.05) is 7.05 Å². The summed E-state index contributed by atoms with van der Waals surface area (Å²) < 4.78 is 0. The van der Waals surface area contributed by atoms with E-state index in [-0.39, 0.29) is 0 Å². The Bertz CT molecular complexity index is 269. The molecule has 0 amide bonds. The van der Waals surface area contributed by atoms with Crippen LogP contribution in [0.1, 0.15) is 6.92 Å².